The van der Waals surface area contributed by atoms with Crippen molar-refractivity contribution in [2.75, 3.05) is 0 Å². The van der Waals surface area contributed by atoms with Gasteiger partial charge in [0.1, 0.15) is 11.2 Å². The molecule has 0 saturated carbocycles. The molecule has 132 valence electrons. The quantitative estimate of drug-likeness (QED) is 0.545. The Morgan fingerprint density at radius 3 is 2.65 bits per heavy atom. The molecule has 4 aromatic rings. The SMILES string of the molecule is O=c1c2sccc2ncn1Cc1nc(-c2ccc(C(F)(F)F)cc2)no1. The minimum absolute atomic E-state index is 0.0211. The topological polar surface area (TPSA) is 73.8 Å². The van der Waals surface area contributed by atoms with Gasteiger partial charge in [0.25, 0.3) is 5.56 Å². The highest BCUT2D eigenvalue weighted by Gasteiger charge is 2.30. The van der Waals surface area contributed by atoms with Gasteiger partial charge in [-0.1, -0.05) is 17.3 Å². The van der Waals surface area contributed by atoms with Crippen molar-refractivity contribution >= 4 is 21.6 Å². The first kappa shape index (κ1) is 16.5. The number of hydrogen-bond donors (Lipinski definition) is 0. The van der Waals surface area contributed by atoms with Gasteiger partial charge in [-0.15, -0.1) is 11.3 Å². The molecule has 0 bridgehead atoms. The second-order valence-electron chi connectivity index (χ2n) is 5.40. The molecule has 0 unspecified atom stereocenters. The molecule has 26 heavy (non-hydrogen) atoms. The number of nitrogens with zero attached hydrogens (tertiary/aromatic N) is 4. The van der Waals surface area contributed by atoms with Crippen LogP contribution in [0.15, 0.2) is 51.4 Å². The Hall–Kier alpha value is -3.01. The van der Waals surface area contributed by atoms with Crippen molar-refractivity contribution in [1.29, 1.82) is 0 Å². The third-order valence-electron chi connectivity index (χ3n) is 3.68. The van der Waals surface area contributed by atoms with E-state index in [0.717, 1.165) is 12.1 Å². The highest BCUT2D eigenvalue weighted by atomic mass is 32.1. The Bertz CT molecular complexity index is 1130. The van der Waals surface area contributed by atoms with E-state index in [1.165, 1.54) is 34.4 Å². The minimum Gasteiger partial charge on any atom is -0.337 e. The number of aromatic nitrogens is 4. The summed E-state index contributed by atoms with van der Waals surface area (Å²) in [6.45, 7) is 0.0211. The molecule has 10 heteroatoms. The lowest BCUT2D eigenvalue weighted by Gasteiger charge is -2.05. The number of hydrogen-bond acceptors (Lipinski definition) is 6. The van der Waals surface area contributed by atoms with Gasteiger partial charge in [-0.3, -0.25) is 9.36 Å². The fraction of sp³-hybridized carbons (Fsp3) is 0.125. The van der Waals surface area contributed by atoms with Gasteiger partial charge in [-0.2, -0.15) is 18.2 Å². The molecule has 0 atom stereocenters. The van der Waals surface area contributed by atoms with E-state index < -0.39 is 11.7 Å². The Morgan fingerprint density at radius 1 is 1.15 bits per heavy atom. The highest BCUT2D eigenvalue weighted by Crippen LogP contribution is 2.30. The van der Waals surface area contributed by atoms with Crippen LogP contribution in [0, 0.1) is 0 Å². The summed E-state index contributed by atoms with van der Waals surface area (Å²) in [5.74, 6) is 0.298. The van der Waals surface area contributed by atoms with Crippen molar-refractivity contribution in [3.8, 4) is 11.4 Å². The summed E-state index contributed by atoms with van der Waals surface area (Å²) < 4.78 is 44.8. The Morgan fingerprint density at radius 2 is 1.92 bits per heavy atom. The molecule has 0 N–H and O–H groups in total. The molecule has 3 heterocycles. The van der Waals surface area contributed by atoms with E-state index in [1.807, 2.05) is 0 Å². The highest BCUT2D eigenvalue weighted by molar-refractivity contribution is 7.17. The first-order chi connectivity index (χ1) is 12.4. The van der Waals surface area contributed by atoms with E-state index in [4.69, 9.17) is 4.52 Å². The van der Waals surface area contributed by atoms with Gasteiger partial charge < -0.3 is 4.52 Å². The van der Waals surface area contributed by atoms with Crippen LogP contribution in [0.2, 0.25) is 0 Å². The summed E-state index contributed by atoms with van der Waals surface area (Å²) in [4.78, 5) is 20.6. The smallest absolute Gasteiger partial charge is 0.337 e. The van der Waals surface area contributed by atoms with E-state index in [-0.39, 0.29) is 23.8 Å². The Labute approximate surface area is 147 Å². The fourth-order valence-corrected chi connectivity index (χ4v) is 3.17. The lowest BCUT2D eigenvalue weighted by Crippen LogP contribution is -2.20. The molecule has 0 aliphatic heterocycles. The largest absolute Gasteiger partial charge is 0.416 e. The first-order valence-corrected chi connectivity index (χ1v) is 8.22. The van der Waals surface area contributed by atoms with Crippen molar-refractivity contribution < 1.29 is 17.7 Å². The number of halogens is 3. The number of thiophene rings is 1. The zero-order chi connectivity index (χ0) is 18.3. The van der Waals surface area contributed by atoms with Gasteiger partial charge in [-0.25, -0.2) is 4.98 Å². The van der Waals surface area contributed by atoms with Crippen LogP contribution in [0.3, 0.4) is 0 Å². The van der Waals surface area contributed by atoms with E-state index in [0.29, 0.717) is 15.8 Å². The number of fused-ring (bicyclic) bond motifs is 1. The maximum atomic E-state index is 12.6. The van der Waals surface area contributed by atoms with Crippen molar-refractivity contribution in [2.24, 2.45) is 0 Å². The van der Waals surface area contributed by atoms with Crippen LogP contribution in [-0.4, -0.2) is 19.7 Å². The fourth-order valence-electron chi connectivity index (χ4n) is 2.38. The molecular weight excluding hydrogens is 369 g/mol. The molecule has 0 saturated heterocycles. The maximum Gasteiger partial charge on any atom is 0.416 e. The summed E-state index contributed by atoms with van der Waals surface area (Å²) in [5, 5.41) is 5.53. The molecule has 0 radical (unpaired) electrons. The molecule has 0 spiro atoms. The third kappa shape index (κ3) is 2.99. The Kier molecular flexibility index (Phi) is 3.83. The van der Waals surface area contributed by atoms with Gasteiger partial charge in [0.2, 0.25) is 11.7 Å². The van der Waals surface area contributed by atoms with Crippen molar-refractivity contribution in [3.63, 3.8) is 0 Å². The predicted molar refractivity (Wildman–Crippen MR) is 87.7 cm³/mol. The lowest BCUT2D eigenvalue weighted by atomic mass is 10.1. The molecule has 0 fully saturated rings. The molecule has 3 aromatic heterocycles. The van der Waals surface area contributed by atoms with Crippen LogP contribution in [0.4, 0.5) is 13.2 Å². The van der Waals surface area contributed by atoms with Crippen molar-refractivity contribution in [1.82, 2.24) is 19.7 Å². The molecule has 1 aromatic carbocycles. The normalized spacial score (nSPS) is 12.0. The van der Waals surface area contributed by atoms with Gasteiger partial charge in [-0.05, 0) is 23.6 Å². The number of rotatable bonds is 3. The predicted octanol–water partition coefficient (Wildman–Crippen LogP) is 3.58. The van der Waals surface area contributed by atoms with Crippen LogP contribution >= 0.6 is 11.3 Å². The summed E-state index contributed by atoms with van der Waals surface area (Å²) in [7, 11) is 0. The summed E-state index contributed by atoms with van der Waals surface area (Å²) in [5.41, 5.74) is 0.0190. The molecular formula is C16H9F3N4O2S. The van der Waals surface area contributed by atoms with Crippen LogP contribution in [0.5, 0.6) is 0 Å². The van der Waals surface area contributed by atoms with Crippen LogP contribution in [0.25, 0.3) is 21.6 Å². The number of benzene rings is 1. The van der Waals surface area contributed by atoms with Gasteiger partial charge >= 0.3 is 6.18 Å². The van der Waals surface area contributed by atoms with Crippen LogP contribution in [-0.2, 0) is 12.7 Å². The molecule has 4 rings (SSSR count). The molecule has 0 aliphatic rings. The van der Waals surface area contributed by atoms with Crippen molar-refractivity contribution in [3.05, 3.63) is 63.8 Å². The van der Waals surface area contributed by atoms with E-state index in [2.05, 4.69) is 15.1 Å². The van der Waals surface area contributed by atoms with Gasteiger partial charge in [0, 0.05) is 5.56 Å². The van der Waals surface area contributed by atoms with Crippen LogP contribution in [0.1, 0.15) is 11.5 Å². The Balaban J connectivity index is 1.59. The summed E-state index contributed by atoms with van der Waals surface area (Å²) in [6.07, 6.45) is -3.02. The number of alkyl halides is 3. The summed E-state index contributed by atoms with van der Waals surface area (Å²) >= 11 is 1.29. The zero-order valence-electron chi connectivity index (χ0n) is 12.9. The maximum absolute atomic E-state index is 12.6. The molecule has 6 nitrogen and oxygen atoms in total. The van der Waals surface area contributed by atoms with Gasteiger partial charge in [0.05, 0.1) is 17.4 Å². The monoisotopic (exact) mass is 378 g/mol. The minimum atomic E-state index is -4.41. The van der Waals surface area contributed by atoms with E-state index >= 15 is 0 Å². The van der Waals surface area contributed by atoms with Crippen molar-refractivity contribution in [2.45, 2.75) is 12.7 Å². The zero-order valence-corrected chi connectivity index (χ0v) is 13.7. The van der Waals surface area contributed by atoms with E-state index in [1.54, 1.807) is 11.4 Å². The van der Waals surface area contributed by atoms with Crippen LogP contribution < -0.4 is 5.56 Å². The first-order valence-electron chi connectivity index (χ1n) is 7.35. The average molecular weight is 378 g/mol. The average Bonchev–Trinajstić information content (AvgIpc) is 3.26. The summed E-state index contributed by atoms with van der Waals surface area (Å²) in [6, 6.07) is 6.18. The van der Waals surface area contributed by atoms with E-state index in [9.17, 15) is 18.0 Å². The molecule has 0 amide bonds. The third-order valence-corrected chi connectivity index (χ3v) is 4.57. The second-order valence-corrected chi connectivity index (χ2v) is 6.32. The standard InChI is InChI=1S/C16H9F3N4O2S/c17-16(18,19)10-3-1-9(2-4-10)14-21-12(25-22-14)7-23-8-20-11-5-6-26-13(11)15(23)24/h1-6,8H,7H2. The second kappa shape index (κ2) is 6.06. The van der Waals surface area contributed by atoms with Gasteiger partial charge in [0.15, 0.2) is 0 Å². The molecule has 0 aliphatic carbocycles. The lowest BCUT2D eigenvalue weighted by molar-refractivity contribution is -0.137.